The van der Waals surface area contributed by atoms with E-state index >= 15 is 0 Å². The van der Waals surface area contributed by atoms with Crippen molar-refractivity contribution in [2.24, 2.45) is 11.7 Å². The van der Waals surface area contributed by atoms with Crippen molar-refractivity contribution in [3.05, 3.63) is 29.8 Å². The van der Waals surface area contributed by atoms with Gasteiger partial charge in [0.1, 0.15) is 29.9 Å². The number of nitrogens with one attached hydrogen (secondary N) is 3. The molecule has 200 valence electrons. The number of hydrogen-bond donors (Lipinski definition) is 8. The van der Waals surface area contributed by atoms with Gasteiger partial charge >= 0.3 is 11.9 Å². The van der Waals surface area contributed by atoms with Crippen molar-refractivity contribution in [3.63, 3.8) is 0 Å². The Kier molecular flexibility index (Phi) is 12.3. The van der Waals surface area contributed by atoms with E-state index in [1.165, 1.54) is 24.3 Å². The summed E-state index contributed by atoms with van der Waals surface area (Å²) in [4.78, 5) is 60.8. The number of phenols is 1. The number of rotatable bonds is 15. The van der Waals surface area contributed by atoms with Gasteiger partial charge in [-0.2, -0.15) is 0 Å². The molecule has 3 amide bonds. The molecule has 13 nitrogen and oxygen atoms in total. The van der Waals surface area contributed by atoms with Crippen LogP contribution in [0.5, 0.6) is 5.75 Å². The van der Waals surface area contributed by atoms with Crippen LogP contribution in [-0.2, 0) is 30.4 Å². The van der Waals surface area contributed by atoms with Gasteiger partial charge in [0, 0.05) is 12.8 Å². The second kappa shape index (κ2) is 14.6. The number of amides is 3. The first kappa shape index (κ1) is 30.3. The summed E-state index contributed by atoms with van der Waals surface area (Å²) in [6.07, 6.45) is -0.810. The summed E-state index contributed by atoms with van der Waals surface area (Å²) in [5.41, 5.74) is 6.05. The summed E-state index contributed by atoms with van der Waals surface area (Å²) in [7, 11) is 0. The third-order valence-electron chi connectivity index (χ3n) is 5.14. The van der Waals surface area contributed by atoms with E-state index in [2.05, 4.69) is 16.0 Å². The number of phenolic OH excluding ortho intramolecular Hbond substituents is 1. The fraction of sp³-hybridized carbons (Fsp3) is 0.522. The molecular weight excluding hydrogens is 476 g/mol. The predicted octanol–water partition coefficient (Wildman–Crippen LogP) is -1.30. The van der Waals surface area contributed by atoms with E-state index in [1.807, 2.05) is 0 Å². The van der Waals surface area contributed by atoms with Crippen molar-refractivity contribution >= 4 is 29.7 Å². The van der Waals surface area contributed by atoms with Crippen molar-refractivity contribution in [1.82, 2.24) is 16.0 Å². The summed E-state index contributed by atoms with van der Waals surface area (Å²) >= 11 is 0. The topological polar surface area (TPSA) is 228 Å². The third-order valence-corrected chi connectivity index (χ3v) is 5.14. The Balaban J connectivity index is 3.14. The minimum atomic E-state index is -1.41. The zero-order valence-electron chi connectivity index (χ0n) is 20.1. The second-order valence-corrected chi connectivity index (χ2v) is 8.74. The molecule has 0 aliphatic carbocycles. The van der Waals surface area contributed by atoms with Gasteiger partial charge in [0.25, 0.3) is 0 Å². The monoisotopic (exact) mass is 510 g/mol. The standard InChI is InChI=1S/C23H34N4O9/c1-12(2)9-18(23(35)36)27-21(33)16(7-8-19(30)31)25-22(34)17(26-20(32)15(24)11-28)10-13-3-5-14(29)6-4-13/h3-6,12,15-18,28-29H,7-11,24H2,1-2H3,(H,25,34)(H,26,32)(H,27,33)(H,30,31)(H,35,36)/t15-,16-,17-,18-/m0/s1. The average molecular weight is 511 g/mol. The highest BCUT2D eigenvalue weighted by Crippen LogP contribution is 2.12. The molecular formula is C23H34N4O9. The SMILES string of the molecule is CC(C)C[C@H](NC(=O)[C@H](CCC(=O)O)NC(=O)[C@H](Cc1ccc(O)cc1)NC(=O)[C@@H](N)CO)C(=O)O. The van der Waals surface area contributed by atoms with Crippen LogP contribution in [0.15, 0.2) is 24.3 Å². The molecule has 1 aromatic carbocycles. The highest BCUT2D eigenvalue weighted by atomic mass is 16.4. The van der Waals surface area contributed by atoms with E-state index in [9.17, 15) is 34.2 Å². The number of carbonyl (C=O) groups is 5. The van der Waals surface area contributed by atoms with E-state index in [0.717, 1.165) is 0 Å². The number of carboxylic acid groups (broad SMARTS) is 2. The molecule has 0 saturated carbocycles. The molecule has 0 unspecified atom stereocenters. The van der Waals surface area contributed by atoms with Crippen LogP contribution in [-0.4, -0.2) is 80.9 Å². The molecule has 0 bridgehead atoms. The number of aromatic hydroxyl groups is 1. The molecule has 13 heteroatoms. The maximum Gasteiger partial charge on any atom is 0.326 e. The quantitative estimate of drug-likeness (QED) is 0.139. The first-order valence-corrected chi connectivity index (χ1v) is 11.3. The Morgan fingerprint density at radius 1 is 0.861 bits per heavy atom. The zero-order valence-corrected chi connectivity index (χ0v) is 20.1. The minimum absolute atomic E-state index is 0.0223. The number of carboxylic acids is 2. The number of aliphatic hydroxyl groups excluding tert-OH is 1. The van der Waals surface area contributed by atoms with Gasteiger partial charge in [0.15, 0.2) is 0 Å². The number of carbonyl (C=O) groups excluding carboxylic acids is 3. The summed E-state index contributed by atoms with van der Waals surface area (Å²) in [5.74, 6) is -5.20. The van der Waals surface area contributed by atoms with Gasteiger partial charge in [-0.3, -0.25) is 19.2 Å². The number of aliphatic hydroxyl groups is 1. The molecule has 0 saturated heterocycles. The number of nitrogens with two attached hydrogens (primary N) is 1. The van der Waals surface area contributed by atoms with Crippen LogP contribution in [0, 0.1) is 5.92 Å². The second-order valence-electron chi connectivity index (χ2n) is 8.74. The van der Waals surface area contributed by atoms with Crippen molar-refractivity contribution < 1.29 is 44.4 Å². The van der Waals surface area contributed by atoms with Crippen LogP contribution in [0.1, 0.15) is 38.7 Å². The number of hydrogen-bond acceptors (Lipinski definition) is 8. The van der Waals surface area contributed by atoms with E-state index < -0.39 is 66.9 Å². The van der Waals surface area contributed by atoms with E-state index in [1.54, 1.807) is 13.8 Å². The molecule has 1 rings (SSSR count). The van der Waals surface area contributed by atoms with Crippen LogP contribution in [0.2, 0.25) is 0 Å². The molecule has 36 heavy (non-hydrogen) atoms. The van der Waals surface area contributed by atoms with Crippen molar-refractivity contribution in [1.29, 1.82) is 0 Å². The predicted molar refractivity (Wildman–Crippen MR) is 127 cm³/mol. The van der Waals surface area contributed by atoms with Crippen molar-refractivity contribution in [3.8, 4) is 5.75 Å². The Hall–Kier alpha value is -3.71. The lowest BCUT2D eigenvalue weighted by Crippen LogP contribution is -2.58. The summed E-state index contributed by atoms with van der Waals surface area (Å²) in [6.45, 7) is 2.84. The van der Waals surface area contributed by atoms with Crippen LogP contribution in [0.25, 0.3) is 0 Å². The lowest BCUT2D eigenvalue weighted by molar-refractivity contribution is -0.143. The van der Waals surface area contributed by atoms with Gasteiger partial charge in [0.05, 0.1) is 6.61 Å². The smallest absolute Gasteiger partial charge is 0.326 e. The van der Waals surface area contributed by atoms with Gasteiger partial charge in [-0.1, -0.05) is 26.0 Å². The molecule has 0 heterocycles. The molecule has 0 aliphatic rings. The van der Waals surface area contributed by atoms with Crippen molar-refractivity contribution in [2.45, 2.75) is 63.7 Å². The lowest BCUT2D eigenvalue weighted by Gasteiger charge is -2.25. The largest absolute Gasteiger partial charge is 0.508 e. The highest BCUT2D eigenvalue weighted by Gasteiger charge is 2.31. The fourth-order valence-electron chi connectivity index (χ4n) is 3.21. The minimum Gasteiger partial charge on any atom is -0.508 e. The zero-order chi connectivity index (χ0) is 27.4. The molecule has 1 aromatic rings. The summed E-state index contributed by atoms with van der Waals surface area (Å²) < 4.78 is 0. The Morgan fingerprint density at radius 2 is 1.39 bits per heavy atom. The first-order chi connectivity index (χ1) is 16.8. The van der Waals surface area contributed by atoms with Crippen molar-refractivity contribution in [2.75, 3.05) is 6.61 Å². The fourth-order valence-corrected chi connectivity index (χ4v) is 3.21. The number of benzene rings is 1. The Morgan fingerprint density at radius 3 is 1.89 bits per heavy atom. The third kappa shape index (κ3) is 10.7. The summed E-state index contributed by atoms with van der Waals surface area (Å²) in [6, 6.07) is 0.483. The molecule has 4 atom stereocenters. The molecule has 0 radical (unpaired) electrons. The number of aliphatic carboxylic acids is 2. The molecule has 0 fully saturated rings. The Labute approximate surface area is 208 Å². The van der Waals surface area contributed by atoms with Gasteiger partial charge in [-0.05, 0) is 36.5 Å². The van der Waals surface area contributed by atoms with Gasteiger partial charge in [-0.25, -0.2) is 4.79 Å². The van der Waals surface area contributed by atoms with Crippen LogP contribution in [0.4, 0.5) is 0 Å². The average Bonchev–Trinajstić information content (AvgIpc) is 2.80. The normalized spacial score (nSPS) is 14.2. The van der Waals surface area contributed by atoms with Gasteiger partial charge < -0.3 is 42.1 Å². The first-order valence-electron chi connectivity index (χ1n) is 11.3. The van der Waals surface area contributed by atoms with Gasteiger partial charge in [0.2, 0.25) is 17.7 Å². The van der Waals surface area contributed by atoms with Gasteiger partial charge in [-0.15, -0.1) is 0 Å². The maximum atomic E-state index is 13.1. The highest BCUT2D eigenvalue weighted by molar-refractivity contribution is 5.94. The van der Waals surface area contributed by atoms with E-state index in [-0.39, 0.29) is 30.9 Å². The van der Waals surface area contributed by atoms with E-state index in [4.69, 9.17) is 15.9 Å². The van der Waals surface area contributed by atoms with Crippen LogP contribution < -0.4 is 21.7 Å². The lowest BCUT2D eigenvalue weighted by atomic mass is 10.0. The van der Waals surface area contributed by atoms with E-state index in [0.29, 0.717) is 5.56 Å². The molecule has 0 aliphatic heterocycles. The Bertz CT molecular complexity index is 921. The van der Waals surface area contributed by atoms with Crippen LogP contribution in [0.3, 0.4) is 0 Å². The molecule has 0 spiro atoms. The molecule has 0 aromatic heterocycles. The maximum absolute atomic E-state index is 13.1. The summed E-state index contributed by atoms with van der Waals surface area (Å²) in [5, 5.41) is 44.2. The van der Waals surface area contributed by atoms with Crippen LogP contribution >= 0.6 is 0 Å². The molecule has 9 N–H and O–H groups in total.